The molecule has 1 aromatic rings. The predicted molar refractivity (Wildman–Crippen MR) is 72.6 cm³/mol. The molecule has 3 nitrogen and oxygen atoms in total. The summed E-state index contributed by atoms with van der Waals surface area (Å²) in [6.07, 6.45) is 2.59. The van der Waals surface area contributed by atoms with Crippen LogP contribution < -0.4 is 10.2 Å². The highest BCUT2D eigenvalue weighted by Gasteiger charge is 2.32. The van der Waals surface area contributed by atoms with Crippen molar-refractivity contribution in [3.8, 4) is 0 Å². The third-order valence-corrected chi connectivity index (χ3v) is 4.18. The Kier molecular flexibility index (Phi) is 3.27. The average molecular weight is 262 g/mol. The molecule has 0 radical (unpaired) electrons. The molecule has 1 N–H and O–H groups in total. The maximum atomic E-state index is 13.4. The maximum Gasteiger partial charge on any atom is 0.230 e. The van der Waals surface area contributed by atoms with Crippen molar-refractivity contribution in [2.75, 3.05) is 18.0 Å². The van der Waals surface area contributed by atoms with E-state index in [1.54, 1.807) is 11.0 Å². The number of fused-ring (bicyclic) bond motifs is 1. The molecule has 1 aromatic carbocycles. The van der Waals surface area contributed by atoms with Crippen LogP contribution in [0.1, 0.15) is 25.3 Å². The minimum atomic E-state index is -0.267. The standard InChI is InChI=1S/C15H19FN2O/c1-10-8-12(4-6-17-10)15(19)18-7-5-11-2-3-13(16)9-14(11)18/h2-3,9-10,12,17H,4-8H2,1H3. The van der Waals surface area contributed by atoms with Gasteiger partial charge in [0, 0.05) is 24.2 Å². The molecular formula is C15H19FN2O. The van der Waals surface area contributed by atoms with Crippen molar-refractivity contribution in [3.05, 3.63) is 29.6 Å². The average Bonchev–Trinajstić information content (AvgIpc) is 2.80. The second-order valence-electron chi connectivity index (χ2n) is 5.59. The van der Waals surface area contributed by atoms with Gasteiger partial charge in [0.05, 0.1) is 0 Å². The molecule has 0 aliphatic carbocycles. The number of halogens is 1. The normalized spacial score (nSPS) is 26.3. The number of nitrogens with one attached hydrogen (secondary N) is 1. The molecule has 2 aliphatic rings. The number of carbonyl (C=O) groups is 1. The summed E-state index contributed by atoms with van der Waals surface area (Å²) in [6.45, 7) is 3.69. The largest absolute Gasteiger partial charge is 0.314 e. The molecule has 1 amide bonds. The molecular weight excluding hydrogens is 243 g/mol. The number of anilines is 1. The first kappa shape index (κ1) is 12.6. The first-order valence-corrected chi connectivity index (χ1v) is 6.98. The predicted octanol–water partition coefficient (Wildman–Crippen LogP) is 2.10. The summed E-state index contributed by atoms with van der Waals surface area (Å²) in [5, 5.41) is 3.35. The summed E-state index contributed by atoms with van der Waals surface area (Å²) in [6, 6.07) is 5.14. The Bertz CT molecular complexity index is 503. The third kappa shape index (κ3) is 2.37. The van der Waals surface area contributed by atoms with Gasteiger partial charge in [-0.3, -0.25) is 4.79 Å². The highest BCUT2D eigenvalue weighted by Crippen LogP contribution is 2.31. The van der Waals surface area contributed by atoms with E-state index in [-0.39, 0.29) is 17.6 Å². The number of hydrogen-bond acceptors (Lipinski definition) is 2. The van der Waals surface area contributed by atoms with Gasteiger partial charge in [-0.2, -0.15) is 0 Å². The SMILES string of the molecule is CC1CC(C(=O)N2CCc3ccc(F)cc32)CCN1. The van der Waals surface area contributed by atoms with Crippen molar-refractivity contribution in [1.29, 1.82) is 0 Å². The number of carbonyl (C=O) groups excluding carboxylic acids is 1. The van der Waals surface area contributed by atoms with Crippen LogP contribution >= 0.6 is 0 Å². The summed E-state index contributed by atoms with van der Waals surface area (Å²) < 4.78 is 13.4. The van der Waals surface area contributed by atoms with Crippen LogP contribution in [0.15, 0.2) is 18.2 Å². The van der Waals surface area contributed by atoms with E-state index < -0.39 is 0 Å². The Morgan fingerprint density at radius 2 is 2.32 bits per heavy atom. The van der Waals surface area contributed by atoms with Crippen LogP contribution in [0.5, 0.6) is 0 Å². The van der Waals surface area contributed by atoms with Crippen LogP contribution in [-0.4, -0.2) is 25.0 Å². The molecule has 1 saturated heterocycles. The Morgan fingerprint density at radius 3 is 3.11 bits per heavy atom. The van der Waals surface area contributed by atoms with Crippen molar-refractivity contribution >= 4 is 11.6 Å². The summed E-state index contributed by atoms with van der Waals surface area (Å²) in [4.78, 5) is 14.4. The van der Waals surface area contributed by atoms with Crippen molar-refractivity contribution in [3.63, 3.8) is 0 Å². The van der Waals surface area contributed by atoms with E-state index in [0.29, 0.717) is 12.6 Å². The van der Waals surface area contributed by atoms with E-state index in [0.717, 1.165) is 37.1 Å². The molecule has 4 heteroatoms. The second-order valence-corrected chi connectivity index (χ2v) is 5.59. The topological polar surface area (TPSA) is 32.3 Å². The van der Waals surface area contributed by atoms with Gasteiger partial charge >= 0.3 is 0 Å². The van der Waals surface area contributed by atoms with E-state index in [4.69, 9.17) is 0 Å². The smallest absolute Gasteiger partial charge is 0.230 e. The number of benzene rings is 1. The fraction of sp³-hybridized carbons (Fsp3) is 0.533. The molecule has 0 spiro atoms. The van der Waals surface area contributed by atoms with Crippen LogP contribution in [0.2, 0.25) is 0 Å². The van der Waals surface area contributed by atoms with Crippen LogP contribution in [0.25, 0.3) is 0 Å². The molecule has 0 bridgehead atoms. The Balaban J connectivity index is 1.81. The van der Waals surface area contributed by atoms with Crippen LogP contribution in [0.3, 0.4) is 0 Å². The minimum absolute atomic E-state index is 0.0745. The quantitative estimate of drug-likeness (QED) is 0.840. The fourth-order valence-electron chi connectivity index (χ4n) is 3.16. The minimum Gasteiger partial charge on any atom is -0.314 e. The third-order valence-electron chi connectivity index (χ3n) is 4.18. The second kappa shape index (κ2) is 4.93. The highest BCUT2D eigenvalue weighted by atomic mass is 19.1. The first-order chi connectivity index (χ1) is 9.15. The number of piperidine rings is 1. The van der Waals surface area contributed by atoms with E-state index in [9.17, 15) is 9.18 Å². The zero-order valence-electron chi connectivity index (χ0n) is 11.2. The lowest BCUT2D eigenvalue weighted by molar-refractivity contribution is -0.123. The number of amides is 1. The van der Waals surface area contributed by atoms with Gasteiger partial charge in [-0.1, -0.05) is 6.07 Å². The molecule has 19 heavy (non-hydrogen) atoms. The van der Waals surface area contributed by atoms with Gasteiger partial charge in [-0.25, -0.2) is 4.39 Å². The molecule has 1 fully saturated rings. The van der Waals surface area contributed by atoms with Crippen LogP contribution in [0, 0.1) is 11.7 Å². The number of hydrogen-bond donors (Lipinski definition) is 1. The summed E-state index contributed by atoms with van der Waals surface area (Å²) in [5.41, 5.74) is 1.85. The first-order valence-electron chi connectivity index (χ1n) is 6.98. The molecule has 3 rings (SSSR count). The monoisotopic (exact) mass is 262 g/mol. The van der Waals surface area contributed by atoms with Crippen molar-refractivity contribution in [2.45, 2.75) is 32.2 Å². The van der Waals surface area contributed by atoms with E-state index >= 15 is 0 Å². The van der Waals surface area contributed by atoms with Crippen molar-refractivity contribution in [1.82, 2.24) is 5.32 Å². The lowest BCUT2D eigenvalue weighted by atomic mass is 9.92. The lowest BCUT2D eigenvalue weighted by Crippen LogP contribution is -2.43. The van der Waals surface area contributed by atoms with E-state index in [1.165, 1.54) is 12.1 Å². The van der Waals surface area contributed by atoms with E-state index in [2.05, 4.69) is 12.2 Å². The zero-order chi connectivity index (χ0) is 13.4. The molecule has 102 valence electrons. The summed E-state index contributed by atoms with van der Waals surface area (Å²) in [7, 11) is 0. The summed E-state index contributed by atoms with van der Waals surface area (Å²) >= 11 is 0. The van der Waals surface area contributed by atoms with E-state index in [1.807, 2.05) is 0 Å². The van der Waals surface area contributed by atoms with Gasteiger partial charge in [0.2, 0.25) is 5.91 Å². The summed E-state index contributed by atoms with van der Waals surface area (Å²) in [5.74, 6) is -0.0275. The zero-order valence-corrected chi connectivity index (χ0v) is 11.2. The molecule has 2 heterocycles. The van der Waals surface area contributed by atoms with Crippen LogP contribution in [0.4, 0.5) is 10.1 Å². The molecule has 0 saturated carbocycles. The Labute approximate surface area is 112 Å². The highest BCUT2D eigenvalue weighted by molar-refractivity contribution is 5.97. The van der Waals surface area contributed by atoms with Gasteiger partial charge in [0.1, 0.15) is 5.82 Å². The van der Waals surface area contributed by atoms with Crippen molar-refractivity contribution < 1.29 is 9.18 Å². The maximum absolute atomic E-state index is 13.4. The van der Waals surface area contributed by atoms with Crippen LogP contribution in [-0.2, 0) is 11.2 Å². The molecule has 2 aliphatic heterocycles. The van der Waals surface area contributed by atoms with Gasteiger partial charge in [0.25, 0.3) is 0 Å². The van der Waals surface area contributed by atoms with Gasteiger partial charge in [0.15, 0.2) is 0 Å². The Hall–Kier alpha value is -1.42. The lowest BCUT2D eigenvalue weighted by Gasteiger charge is -2.30. The Morgan fingerprint density at radius 1 is 1.47 bits per heavy atom. The number of rotatable bonds is 1. The van der Waals surface area contributed by atoms with Crippen molar-refractivity contribution in [2.24, 2.45) is 5.92 Å². The van der Waals surface area contributed by atoms with Gasteiger partial charge in [-0.15, -0.1) is 0 Å². The van der Waals surface area contributed by atoms with Gasteiger partial charge in [-0.05, 0) is 50.4 Å². The molecule has 0 aromatic heterocycles. The number of nitrogens with zero attached hydrogens (tertiary/aromatic N) is 1. The fourth-order valence-corrected chi connectivity index (χ4v) is 3.16. The van der Waals surface area contributed by atoms with Gasteiger partial charge < -0.3 is 10.2 Å². The molecule has 2 unspecified atom stereocenters. The molecule has 2 atom stereocenters.